The van der Waals surface area contributed by atoms with Crippen LogP contribution in [-0.4, -0.2) is 25.2 Å². The normalized spacial score (nSPS) is 11.3. The van der Waals surface area contributed by atoms with Crippen molar-refractivity contribution in [1.82, 2.24) is 19.4 Å². The summed E-state index contributed by atoms with van der Waals surface area (Å²) in [5, 5.41) is 8.47. The molecule has 2 aromatic rings. The van der Waals surface area contributed by atoms with Gasteiger partial charge in [-0.1, -0.05) is 18.3 Å². The van der Waals surface area contributed by atoms with E-state index < -0.39 is 0 Å². The lowest BCUT2D eigenvalue weighted by atomic mass is 10.1. The molecule has 0 saturated carbocycles. The Balaban J connectivity index is 2.30. The molecule has 2 heterocycles. The average molecular weight is 357 g/mol. The summed E-state index contributed by atoms with van der Waals surface area (Å²) in [6.07, 6.45) is 0.318. The highest BCUT2D eigenvalue weighted by Gasteiger charge is 2.22. The van der Waals surface area contributed by atoms with Gasteiger partial charge in [0.2, 0.25) is 0 Å². The lowest BCUT2D eigenvalue weighted by Gasteiger charge is -2.06. The molecule has 0 radical (unpaired) electrons. The van der Waals surface area contributed by atoms with Gasteiger partial charge in [0.05, 0.1) is 28.0 Å². The van der Waals surface area contributed by atoms with Gasteiger partial charge in [-0.3, -0.25) is 9.48 Å². The van der Waals surface area contributed by atoms with Crippen molar-refractivity contribution in [3.05, 3.63) is 26.4 Å². The third-order valence-corrected chi connectivity index (χ3v) is 4.91. The number of carbonyl (C=O) groups excluding carboxylic acids is 1. The van der Waals surface area contributed by atoms with E-state index in [9.17, 15) is 4.79 Å². The predicted molar refractivity (Wildman–Crippen MR) is 82.4 cm³/mol. The summed E-state index contributed by atoms with van der Waals surface area (Å²) in [5.41, 5.74) is 2.61. The minimum absolute atomic E-state index is 0.0546. The largest absolute Gasteiger partial charge is 0.293 e. The number of ketones is 1. The Kier molecular flexibility index (Phi) is 4.70. The maximum absolute atomic E-state index is 12.5. The maximum atomic E-state index is 12.5. The molecule has 0 bridgehead atoms. The van der Waals surface area contributed by atoms with Crippen LogP contribution >= 0.6 is 27.5 Å². The number of nitrogens with zero attached hydrogens (tertiary/aromatic N) is 4. The summed E-state index contributed by atoms with van der Waals surface area (Å²) in [5.74, 6) is 0.257. The predicted octanol–water partition coefficient (Wildman–Crippen LogP) is 3.37. The van der Waals surface area contributed by atoms with Crippen molar-refractivity contribution < 1.29 is 4.79 Å². The van der Waals surface area contributed by atoms with Gasteiger partial charge in [-0.2, -0.15) is 5.10 Å². The summed E-state index contributed by atoms with van der Waals surface area (Å²) < 4.78 is 6.69. The Hall–Kier alpha value is -1.08. The van der Waals surface area contributed by atoms with Crippen molar-refractivity contribution in [2.24, 2.45) is 0 Å². The van der Waals surface area contributed by atoms with E-state index in [0.717, 1.165) is 28.1 Å². The van der Waals surface area contributed by atoms with Crippen LogP contribution in [0.3, 0.4) is 0 Å². The van der Waals surface area contributed by atoms with Crippen LogP contribution in [0.15, 0.2) is 4.47 Å². The van der Waals surface area contributed by atoms with E-state index in [1.807, 2.05) is 32.4 Å². The van der Waals surface area contributed by atoms with Crippen LogP contribution in [-0.2, 0) is 13.0 Å². The number of hydrogen-bond acceptors (Lipinski definition) is 5. The van der Waals surface area contributed by atoms with Crippen LogP contribution < -0.4 is 0 Å². The highest BCUT2D eigenvalue weighted by Crippen LogP contribution is 2.25. The van der Waals surface area contributed by atoms with Gasteiger partial charge < -0.3 is 0 Å². The minimum Gasteiger partial charge on any atom is -0.293 e. The van der Waals surface area contributed by atoms with Crippen molar-refractivity contribution in [3.8, 4) is 0 Å². The topological polar surface area (TPSA) is 60.7 Å². The van der Waals surface area contributed by atoms with Crippen molar-refractivity contribution >= 4 is 33.2 Å². The number of carbonyl (C=O) groups is 1. The smallest absolute Gasteiger partial charge is 0.182 e. The quantitative estimate of drug-likeness (QED) is 0.770. The second kappa shape index (κ2) is 6.13. The molecule has 0 atom stereocenters. The summed E-state index contributed by atoms with van der Waals surface area (Å²) in [4.78, 5) is 13.2. The standard InChI is InChI=1S/C13H17BrN4OS/c1-5-18-9(11(14)8(4)16-18)6-10(19)13-12(7(2)3)15-17-20-13/h7H,5-6H2,1-4H3. The third kappa shape index (κ3) is 2.83. The van der Waals surface area contributed by atoms with Crippen LogP contribution in [0.25, 0.3) is 0 Å². The molecule has 0 saturated heterocycles. The van der Waals surface area contributed by atoms with Gasteiger partial charge in [-0.25, -0.2) is 0 Å². The summed E-state index contributed by atoms with van der Waals surface area (Å²) >= 11 is 4.69. The van der Waals surface area contributed by atoms with Gasteiger partial charge >= 0.3 is 0 Å². The minimum atomic E-state index is 0.0546. The fraction of sp³-hybridized carbons (Fsp3) is 0.538. The Morgan fingerprint density at radius 2 is 2.15 bits per heavy atom. The Labute approximate surface area is 130 Å². The molecule has 0 amide bonds. The number of aromatic nitrogens is 4. The SMILES string of the molecule is CCn1nc(C)c(Br)c1CC(=O)c1snnc1C(C)C. The monoisotopic (exact) mass is 356 g/mol. The zero-order chi connectivity index (χ0) is 14.9. The molecule has 5 nitrogen and oxygen atoms in total. The Morgan fingerprint density at radius 1 is 1.45 bits per heavy atom. The van der Waals surface area contributed by atoms with Crippen LogP contribution in [0.5, 0.6) is 0 Å². The molecule has 0 N–H and O–H groups in total. The van der Waals surface area contributed by atoms with E-state index in [4.69, 9.17) is 0 Å². The fourth-order valence-electron chi connectivity index (χ4n) is 2.04. The molecule has 2 rings (SSSR count). The van der Waals surface area contributed by atoms with E-state index in [2.05, 4.69) is 30.6 Å². The first-order chi connectivity index (χ1) is 9.45. The van der Waals surface area contributed by atoms with Crippen molar-refractivity contribution in [3.63, 3.8) is 0 Å². The molecule has 0 fully saturated rings. The van der Waals surface area contributed by atoms with Crippen LogP contribution in [0.2, 0.25) is 0 Å². The lowest BCUT2D eigenvalue weighted by Crippen LogP contribution is -2.11. The number of rotatable bonds is 5. The molecule has 108 valence electrons. The summed E-state index contributed by atoms with van der Waals surface area (Å²) in [7, 11) is 0. The second-order valence-electron chi connectivity index (χ2n) is 4.90. The van der Waals surface area contributed by atoms with E-state index >= 15 is 0 Å². The molecule has 2 aromatic heterocycles. The Bertz CT molecular complexity index is 632. The molecule has 0 aliphatic rings. The molecule has 0 aliphatic heterocycles. The highest BCUT2D eigenvalue weighted by molar-refractivity contribution is 9.10. The van der Waals surface area contributed by atoms with E-state index in [0.29, 0.717) is 11.3 Å². The van der Waals surface area contributed by atoms with Crippen molar-refractivity contribution in [1.29, 1.82) is 0 Å². The molecule has 7 heteroatoms. The van der Waals surface area contributed by atoms with Gasteiger partial charge in [-0.15, -0.1) is 5.10 Å². The Morgan fingerprint density at radius 3 is 2.75 bits per heavy atom. The number of halogens is 1. The molecular formula is C13H17BrN4OS. The van der Waals surface area contributed by atoms with Crippen molar-refractivity contribution in [2.75, 3.05) is 0 Å². The number of hydrogen-bond donors (Lipinski definition) is 0. The number of Topliss-reactive ketones (excluding diaryl/α,β-unsaturated/α-hetero) is 1. The molecular weight excluding hydrogens is 340 g/mol. The summed E-state index contributed by atoms with van der Waals surface area (Å²) in [6, 6.07) is 0. The first-order valence-corrected chi connectivity index (χ1v) is 8.09. The zero-order valence-electron chi connectivity index (χ0n) is 12.0. The van der Waals surface area contributed by atoms with Crippen LogP contribution in [0, 0.1) is 6.92 Å². The molecule has 0 aromatic carbocycles. The second-order valence-corrected chi connectivity index (χ2v) is 6.45. The highest BCUT2D eigenvalue weighted by atomic mass is 79.9. The summed E-state index contributed by atoms with van der Waals surface area (Å²) in [6.45, 7) is 8.72. The number of aryl methyl sites for hydroxylation is 2. The molecule has 0 aliphatic carbocycles. The van der Waals surface area contributed by atoms with Gasteiger partial charge in [0.25, 0.3) is 0 Å². The lowest BCUT2D eigenvalue weighted by molar-refractivity contribution is 0.0993. The van der Waals surface area contributed by atoms with E-state index in [1.165, 1.54) is 11.5 Å². The molecule has 0 unspecified atom stereocenters. The van der Waals surface area contributed by atoms with Crippen molar-refractivity contribution in [2.45, 2.75) is 46.6 Å². The maximum Gasteiger partial charge on any atom is 0.182 e. The van der Waals surface area contributed by atoms with E-state index in [1.54, 1.807) is 0 Å². The van der Waals surface area contributed by atoms with Gasteiger partial charge in [0.15, 0.2) is 5.78 Å². The van der Waals surface area contributed by atoms with E-state index in [-0.39, 0.29) is 11.7 Å². The average Bonchev–Trinajstić information content (AvgIpc) is 2.99. The van der Waals surface area contributed by atoms with Gasteiger partial charge in [0, 0.05) is 6.54 Å². The van der Waals surface area contributed by atoms with Crippen LogP contribution in [0.1, 0.15) is 53.4 Å². The fourth-order valence-corrected chi connectivity index (χ4v) is 3.22. The first-order valence-electron chi connectivity index (χ1n) is 6.52. The van der Waals surface area contributed by atoms with Gasteiger partial charge in [0.1, 0.15) is 4.88 Å². The molecule has 20 heavy (non-hydrogen) atoms. The zero-order valence-corrected chi connectivity index (χ0v) is 14.4. The third-order valence-electron chi connectivity index (χ3n) is 3.09. The first kappa shape index (κ1) is 15.3. The van der Waals surface area contributed by atoms with Crippen LogP contribution in [0.4, 0.5) is 0 Å². The van der Waals surface area contributed by atoms with Gasteiger partial charge in [-0.05, 0) is 47.2 Å². The molecule has 0 spiro atoms.